The molecule has 188 valence electrons. The standard InChI is InChI=1S/C26H34N4O5/c1-26(2,3)35-25(33)30-12-13-34-21(17-30)10-11-28-23(31)19-15-20(14-18-8-6-5-7-9-18)29-22(16-19)24(32)27-4/h5-9,15-16,21H,10-14,17H2,1-4H3,(H,27,32)(H,28,31)/t21-/m1/s1. The van der Waals surface area contributed by atoms with Crippen LogP contribution in [0.2, 0.25) is 0 Å². The van der Waals surface area contributed by atoms with Gasteiger partial charge in [0, 0.05) is 37.8 Å². The number of hydrogen-bond donors (Lipinski definition) is 2. The van der Waals surface area contributed by atoms with E-state index in [1.54, 1.807) is 11.0 Å². The van der Waals surface area contributed by atoms with Crippen molar-refractivity contribution in [2.75, 3.05) is 33.3 Å². The minimum absolute atomic E-state index is 0.190. The van der Waals surface area contributed by atoms with E-state index in [-0.39, 0.29) is 29.7 Å². The van der Waals surface area contributed by atoms with E-state index >= 15 is 0 Å². The van der Waals surface area contributed by atoms with Crippen molar-refractivity contribution >= 4 is 17.9 Å². The van der Waals surface area contributed by atoms with Crippen molar-refractivity contribution in [3.8, 4) is 0 Å². The van der Waals surface area contributed by atoms with Gasteiger partial charge in [0.05, 0.1) is 19.3 Å². The smallest absolute Gasteiger partial charge is 0.410 e. The zero-order chi connectivity index (χ0) is 25.4. The van der Waals surface area contributed by atoms with E-state index in [0.29, 0.717) is 50.3 Å². The Morgan fingerprint density at radius 1 is 1.14 bits per heavy atom. The maximum Gasteiger partial charge on any atom is 0.410 e. The van der Waals surface area contributed by atoms with Gasteiger partial charge >= 0.3 is 6.09 Å². The van der Waals surface area contributed by atoms with Crippen LogP contribution in [-0.4, -0.2) is 72.8 Å². The highest BCUT2D eigenvalue weighted by Gasteiger charge is 2.28. The summed E-state index contributed by atoms with van der Waals surface area (Å²) in [6, 6.07) is 12.9. The number of rotatable bonds is 7. The molecule has 1 atom stereocenters. The lowest BCUT2D eigenvalue weighted by Gasteiger charge is -2.34. The molecule has 3 rings (SSSR count). The summed E-state index contributed by atoms with van der Waals surface area (Å²) in [5, 5.41) is 5.45. The second kappa shape index (κ2) is 11.8. The molecule has 0 saturated carbocycles. The monoisotopic (exact) mass is 482 g/mol. The lowest BCUT2D eigenvalue weighted by Crippen LogP contribution is -2.48. The third-order valence-corrected chi connectivity index (χ3v) is 5.37. The van der Waals surface area contributed by atoms with Crippen LogP contribution in [0.3, 0.4) is 0 Å². The molecule has 35 heavy (non-hydrogen) atoms. The van der Waals surface area contributed by atoms with E-state index < -0.39 is 5.60 Å². The Morgan fingerprint density at radius 3 is 2.57 bits per heavy atom. The van der Waals surface area contributed by atoms with Crippen LogP contribution in [0.4, 0.5) is 4.79 Å². The summed E-state index contributed by atoms with van der Waals surface area (Å²) in [4.78, 5) is 43.5. The molecular weight excluding hydrogens is 448 g/mol. The van der Waals surface area contributed by atoms with Gasteiger partial charge in [-0.05, 0) is 44.9 Å². The SMILES string of the molecule is CNC(=O)c1cc(C(=O)NCC[C@@H]2CN(C(=O)OC(C)(C)C)CCO2)cc(Cc2ccccc2)n1. The van der Waals surface area contributed by atoms with Gasteiger partial charge in [-0.2, -0.15) is 0 Å². The minimum atomic E-state index is -0.559. The largest absolute Gasteiger partial charge is 0.444 e. The predicted molar refractivity (Wildman–Crippen MR) is 131 cm³/mol. The number of benzene rings is 1. The summed E-state index contributed by atoms with van der Waals surface area (Å²) in [6.45, 7) is 7.15. The first-order valence-electron chi connectivity index (χ1n) is 11.8. The van der Waals surface area contributed by atoms with Crippen molar-refractivity contribution in [1.82, 2.24) is 20.5 Å². The van der Waals surface area contributed by atoms with Crippen molar-refractivity contribution in [2.24, 2.45) is 0 Å². The highest BCUT2D eigenvalue weighted by atomic mass is 16.6. The van der Waals surface area contributed by atoms with E-state index in [2.05, 4.69) is 15.6 Å². The Balaban J connectivity index is 1.60. The van der Waals surface area contributed by atoms with Crippen LogP contribution in [0.25, 0.3) is 0 Å². The molecule has 1 aliphatic rings. The number of nitrogens with one attached hydrogen (secondary N) is 2. The fourth-order valence-corrected chi connectivity index (χ4v) is 3.69. The van der Waals surface area contributed by atoms with E-state index in [0.717, 1.165) is 5.56 Å². The second-order valence-electron chi connectivity index (χ2n) is 9.44. The lowest BCUT2D eigenvalue weighted by molar-refractivity contribution is -0.0440. The first-order chi connectivity index (χ1) is 16.6. The molecule has 0 unspecified atom stereocenters. The summed E-state index contributed by atoms with van der Waals surface area (Å²) < 4.78 is 11.2. The molecule has 1 aromatic heterocycles. The Morgan fingerprint density at radius 2 is 1.89 bits per heavy atom. The molecule has 1 saturated heterocycles. The van der Waals surface area contributed by atoms with Gasteiger partial charge in [0.1, 0.15) is 11.3 Å². The van der Waals surface area contributed by atoms with Crippen LogP contribution in [0.5, 0.6) is 0 Å². The third kappa shape index (κ3) is 8.06. The Bertz CT molecular complexity index is 1040. The molecule has 3 amide bonds. The lowest BCUT2D eigenvalue weighted by atomic mass is 10.1. The van der Waals surface area contributed by atoms with E-state index in [1.165, 1.54) is 13.1 Å². The van der Waals surface area contributed by atoms with Gasteiger partial charge in [0.15, 0.2) is 0 Å². The van der Waals surface area contributed by atoms with Gasteiger partial charge in [0.2, 0.25) is 0 Å². The molecule has 2 heterocycles. The van der Waals surface area contributed by atoms with E-state index in [4.69, 9.17) is 9.47 Å². The summed E-state index contributed by atoms with van der Waals surface area (Å²) in [6.07, 6.45) is 0.473. The topological polar surface area (TPSA) is 110 Å². The Hall–Kier alpha value is -3.46. The van der Waals surface area contributed by atoms with E-state index in [9.17, 15) is 14.4 Å². The first kappa shape index (κ1) is 26.2. The molecule has 0 aliphatic carbocycles. The third-order valence-electron chi connectivity index (χ3n) is 5.37. The zero-order valence-electron chi connectivity index (χ0n) is 20.8. The molecule has 2 N–H and O–H groups in total. The fraction of sp³-hybridized carbons (Fsp3) is 0.462. The molecule has 1 fully saturated rings. The summed E-state index contributed by atoms with van der Waals surface area (Å²) in [7, 11) is 1.53. The zero-order valence-corrected chi connectivity index (χ0v) is 20.8. The van der Waals surface area contributed by atoms with Gasteiger partial charge in [-0.3, -0.25) is 9.59 Å². The average Bonchev–Trinajstić information content (AvgIpc) is 2.83. The van der Waals surface area contributed by atoms with Gasteiger partial charge in [-0.15, -0.1) is 0 Å². The predicted octanol–water partition coefficient (Wildman–Crippen LogP) is 2.79. The van der Waals surface area contributed by atoms with Gasteiger partial charge < -0.3 is 25.0 Å². The number of carbonyl (C=O) groups excluding carboxylic acids is 3. The number of morpholine rings is 1. The number of ether oxygens (including phenoxy) is 2. The fourth-order valence-electron chi connectivity index (χ4n) is 3.69. The van der Waals surface area contributed by atoms with Crippen molar-refractivity contribution < 1.29 is 23.9 Å². The first-order valence-corrected chi connectivity index (χ1v) is 11.8. The molecule has 9 heteroatoms. The van der Waals surface area contributed by atoms with Crippen molar-refractivity contribution in [2.45, 2.75) is 45.3 Å². The Kier molecular flexibility index (Phi) is 8.81. The van der Waals surface area contributed by atoms with Crippen molar-refractivity contribution in [1.29, 1.82) is 0 Å². The van der Waals surface area contributed by atoms with Gasteiger partial charge in [0.25, 0.3) is 11.8 Å². The van der Waals surface area contributed by atoms with Crippen LogP contribution in [0.15, 0.2) is 42.5 Å². The highest BCUT2D eigenvalue weighted by Crippen LogP contribution is 2.15. The molecule has 0 spiro atoms. The van der Waals surface area contributed by atoms with Crippen LogP contribution >= 0.6 is 0 Å². The Labute approximate surface area is 206 Å². The van der Waals surface area contributed by atoms with Crippen LogP contribution in [-0.2, 0) is 15.9 Å². The van der Waals surface area contributed by atoms with E-state index in [1.807, 2.05) is 51.1 Å². The number of carbonyl (C=O) groups is 3. The number of pyridine rings is 1. The summed E-state index contributed by atoms with van der Waals surface area (Å²) >= 11 is 0. The molecule has 2 aromatic rings. The molecule has 1 aromatic carbocycles. The maximum absolute atomic E-state index is 12.9. The highest BCUT2D eigenvalue weighted by molar-refractivity contribution is 5.98. The quantitative estimate of drug-likeness (QED) is 0.628. The summed E-state index contributed by atoms with van der Waals surface area (Å²) in [5.74, 6) is -0.654. The minimum Gasteiger partial charge on any atom is -0.444 e. The molecule has 0 radical (unpaired) electrons. The maximum atomic E-state index is 12.9. The van der Waals surface area contributed by atoms with Crippen LogP contribution in [0, 0.1) is 0 Å². The van der Waals surface area contributed by atoms with Crippen LogP contribution < -0.4 is 10.6 Å². The molecule has 9 nitrogen and oxygen atoms in total. The molecule has 0 bridgehead atoms. The van der Waals surface area contributed by atoms with Crippen molar-refractivity contribution in [3.63, 3.8) is 0 Å². The number of amides is 3. The number of hydrogen-bond acceptors (Lipinski definition) is 6. The number of aromatic nitrogens is 1. The van der Waals surface area contributed by atoms with Crippen molar-refractivity contribution in [3.05, 3.63) is 65.0 Å². The normalized spacial score (nSPS) is 15.9. The second-order valence-corrected chi connectivity index (χ2v) is 9.44. The summed E-state index contributed by atoms with van der Waals surface area (Å²) in [5.41, 5.74) is 1.66. The van der Waals surface area contributed by atoms with Crippen LogP contribution in [0.1, 0.15) is 59.3 Å². The molecule has 1 aliphatic heterocycles. The van der Waals surface area contributed by atoms with Gasteiger partial charge in [-0.1, -0.05) is 30.3 Å². The average molecular weight is 483 g/mol. The number of nitrogens with zero attached hydrogens (tertiary/aromatic N) is 2. The molecular formula is C26H34N4O5. The van der Waals surface area contributed by atoms with Gasteiger partial charge in [-0.25, -0.2) is 9.78 Å².